The molecule has 0 spiro atoms. The fraction of sp³-hybridized carbons (Fsp3) is 0.211. The van der Waals surface area contributed by atoms with Crippen molar-refractivity contribution in [3.05, 3.63) is 71.1 Å². The number of carbonyl (C=O) groups is 1. The third-order valence-electron chi connectivity index (χ3n) is 3.59. The van der Waals surface area contributed by atoms with Crippen LogP contribution in [-0.4, -0.2) is 21.7 Å². The highest BCUT2D eigenvalue weighted by atomic mass is 32.2. The number of hydrogen-bond acceptors (Lipinski definition) is 6. The highest BCUT2D eigenvalue weighted by molar-refractivity contribution is 7.99. The average Bonchev–Trinajstić information content (AvgIpc) is 3.07. The zero-order valence-corrected chi connectivity index (χ0v) is 14.9. The Morgan fingerprint density at radius 2 is 1.84 bits per heavy atom. The molecule has 1 heterocycles. The molecule has 0 fully saturated rings. The number of aromatic nitrogens is 2. The molecule has 6 heteroatoms. The summed E-state index contributed by atoms with van der Waals surface area (Å²) in [5, 5.41) is 8.26. The molecule has 0 saturated carbocycles. The molecule has 0 radical (unpaired) electrons. The second-order valence-corrected chi connectivity index (χ2v) is 6.52. The lowest BCUT2D eigenvalue weighted by Crippen LogP contribution is -2.02. The molecule has 2 aromatic carbocycles. The maximum Gasteiger partial charge on any atom is 0.277 e. The fourth-order valence-electron chi connectivity index (χ4n) is 2.16. The van der Waals surface area contributed by atoms with Crippen molar-refractivity contribution in [2.24, 2.45) is 0 Å². The molecule has 3 aromatic rings. The van der Waals surface area contributed by atoms with E-state index < -0.39 is 0 Å². The van der Waals surface area contributed by atoms with E-state index in [-0.39, 0.29) is 18.1 Å². The Bertz CT molecular complexity index is 859. The number of aryl methyl sites for hydroxylation is 2. The monoisotopic (exact) mass is 354 g/mol. The Kier molecular flexibility index (Phi) is 5.50. The number of benzene rings is 2. The highest BCUT2D eigenvalue weighted by Crippen LogP contribution is 2.20. The third-order valence-corrected chi connectivity index (χ3v) is 4.41. The Morgan fingerprint density at radius 1 is 1.08 bits per heavy atom. The lowest BCUT2D eigenvalue weighted by molar-refractivity contribution is 0.102. The molecule has 0 saturated heterocycles. The van der Waals surface area contributed by atoms with Crippen LogP contribution in [0.1, 0.15) is 27.4 Å². The van der Waals surface area contributed by atoms with Gasteiger partial charge >= 0.3 is 0 Å². The molecule has 0 aliphatic rings. The van der Waals surface area contributed by atoms with Crippen molar-refractivity contribution in [1.82, 2.24) is 10.2 Å². The largest absolute Gasteiger partial charge is 0.484 e. The summed E-state index contributed by atoms with van der Waals surface area (Å²) in [7, 11) is 0. The minimum atomic E-state index is 0.0286. The van der Waals surface area contributed by atoms with Gasteiger partial charge in [-0.2, -0.15) is 0 Å². The van der Waals surface area contributed by atoms with E-state index in [1.54, 1.807) is 0 Å². The zero-order chi connectivity index (χ0) is 17.6. The van der Waals surface area contributed by atoms with Crippen LogP contribution < -0.4 is 4.74 Å². The van der Waals surface area contributed by atoms with Gasteiger partial charge in [-0.05, 0) is 25.5 Å². The Hall–Kier alpha value is -2.60. The number of hydrogen-bond donors (Lipinski definition) is 0. The maximum atomic E-state index is 12.1. The van der Waals surface area contributed by atoms with E-state index in [1.165, 1.54) is 11.8 Å². The van der Waals surface area contributed by atoms with Crippen molar-refractivity contribution < 1.29 is 13.9 Å². The predicted octanol–water partition coefficient (Wildman–Crippen LogP) is 4.24. The molecular formula is C19H18N2O3S. The number of thioether (sulfide) groups is 1. The van der Waals surface area contributed by atoms with E-state index in [1.807, 2.05) is 62.4 Å². The molecular weight excluding hydrogens is 336 g/mol. The molecule has 0 bridgehead atoms. The summed E-state index contributed by atoms with van der Waals surface area (Å²) in [6.07, 6.45) is 0. The van der Waals surface area contributed by atoms with E-state index in [0.717, 1.165) is 16.9 Å². The van der Waals surface area contributed by atoms with Crippen LogP contribution in [0, 0.1) is 13.8 Å². The van der Waals surface area contributed by atoms with E-state index in [2.05, 4.69) is 10.2 Å². The third kappa shape index (κ3) is 4.70. The number of carbonyl (C=O) groups excluding carboxylic acids is 1. The van der Waals surface area contributed by atoms with Gasteiger partial charge in [0.05, 0.1) is 5.75 Å². The quantitative estimate of drug-likeness (QED) is 0.467. The van der Waals surface area contributed by atoms with Crippen LogP contribution in [0.25, 0.3) is 0 Å². The molecule has 0 aliphatic heterocycles. The molecule has 0 N–H and O–H groups in total. The second-order valence-electron chi connectivity index (χ2n) is 5.59. The van der Waals surface area contributed by atoms with Gasteiger partial charge in [0.2, 0.25) is 0 Å². The van der Waals surface area contributed by atoms with Crippen LogP contribution in [0.2, 0.25) is 0 Å². The molecule has 5 nitrogen and oxygen atoms in total. The molecule has 3 rings (SSSR count). The Labute approximate surface area is 150 Å². The SMILES string of the molecule is Cc1ccc(C(=O)CSc2nnc(COc3ccccc3C)o2)cc1. The van der Waals surface area contributed by atoms with Crippen molar-refractivity contribution in [3.8, 4) is 5.75 Å². The molecule has 0 aliphatic carbocycles. The minimum Gasteiger partial charge on any atom is -0.484 e. The van der Waals surface area contributed by atoms with Gasteiger partial charge in [-0.1, -0.05) is 59.8 Å². The predicted molar refractivity (Wildman–Crippen MR) is 96.0 cm³/mol. The van der Waals surface area contributed by atoms with Crippen LogP contribution in [0.4, 0.5) is 0 Å². The Morgan fingerprint density at radius 3 is 2.60 bits per heavy atom. The number of ketones is 1. The number of rotatable bonds is 7. The topological polar surface area (TPSA) is 65.2 Å². The standard InChI is InChI=1S/C19H18N2O3S/c1-13-7-9-15(10-8-13)16(22)12-25-19-21-20-18(24-19)11-23-17-6-4-3-5-14(17)2/h3-10H,11-12H2,1-2H3. The molecule has 128 valence electrons. The minimum absolute atomic E-state index is 0.0286. The van der Waals surface area contributed by atoms with E-state index >= 15 is 0 Å². The van der Waals surface area contributed by atoms with Crippen molar-refractivity contribution in [2.45, 2.75) is 25.7 Å². The van der Waals surface area contributed by atoms with Crippen molar-refractivity contribution in [2.75, 3.05) is 5.75 Å². The smallest absolute Gasteiger partial charge is 0.277 e. The molecule has 25 heavy (non-hydrogen) atoms. The number of para-hydroxylation sites is 1. The molecule has 0 atom stereocenters. The highest BCUT2D eigenvalue weighted by Gasteiger charge is 2.12. The van der Waals surface area contributed by atoms with Crippen LogP contribution >= 0.6 is 11.8 Å². The van der Waals surface area contributed by atoms with Gasteiger partial charge in [0.1, 0.15) is 5.75 Å². The summed E-state index contributed by atoms with van der Waals surface area (Å²) in [4.78, 5) is 12.1. The Balaban J connectivity index is 1.52. The molecule has 0 amide bonds. The number of Topliss-reactive ketones (excluding diaryl/α,β-unsaturated/α-hetero) is 1. The molecule has 1 aromatic heterocycles. The van der Waals surface area contributed by atoms with Gasteiger partial charge in [0.25, 0.3) is 11.1 Å². The van der Waals surface area contributed by atoms with Crippen LogP contribution in [-0.2, 0) is 6.61 Å². The summed E-state index contributed by atoms with van der Waals surface area (Å²) in [6.45, 7) is 4.16. The summed E-state index contributed by atoms with van der Waals surface area (Å²) in [5.41, 5.74) is 2.85. The second kappa shape index (κ2) is 7.98. The van der Waals surface area contributed by atoms with Gasteiger partial charge in [-0.25, -0.2) is 0 Å². The zero-order valence-electron chi connectivity index (χ0n) is 14.1. The van der Waals surface area contributed by atoms with E-state index in [4.69, 9.17) is 9.15 Å². The summed E-state index contributed by atoms with van der Waals surface area (Å²) in [6, 6.07) is 15.2. The van der Waals surface area contributed by atoms with Crippen LogP contribution in [0.15, 0.2) is 58.2 Å². The van der Waals surface area contributed by atoms with Crippen molar-refractivity contribution >= 4 is 17.5 Å². The van der Waals surface area contributed by atoms with Gasteiger partial charge in [0, 0.05) is 5.56 Å². The number of nitrogens with zero attached hydrogens (tertiary/aromatic N) is 2. The van der Waals surface area contributed by atoms with E-state index in [0.29, 0.717) is 16.7 Å². The first-order valence-electron chi connectivity index (χ1n) is 7.85. The van der Waals surface area contributed by atoms with Crippen LogP contribution in [0.5, 0.6) is 5.75 Å². The first-order chi connectivity index (χ1) is 12.1. The lowest BCUT2D eigenvalue weighted by atomic mass is 10.1. The van der Waals surface area contributed by atoms with Gasteiger partial charge in [0.15, 0.2) is 12.4 Å². The normalized spacial score (nSPS) is 10.6. The van der Waals surface area contributed by atoms with E-state index in [9.17, 15) is 4.79 Å². The fourth-order valence-corrected chi connectivity index (χ4v) is 2.84. The van der Waals surface area contributed by atoms with Gasteiger partial charge in [-0.15, -0.1) is 10.2 Å². The van der Waals surface area contributed by atoms with Crippen LogP contribution in [0.3, 0.4) is 0 Å². The molecule has 0 unspecified atom stereocenters. The average molecular weight is 354 g/mol. The van der Waals surface area contributed by atoms with Gasteiger partial charge in [-0.3, -0.25) is 4.79 Å². The summed E-state index contributed by atoms with van der Waals surface area (Å²) < 4.78 is 11.2. The lowest BCUT2D eigenvalue weighted by Gasteiger charge is -2.05. The number of ether oxygens (including phenoxy) is 1. The van der Waals surface area contributed by atoms with Crippen molar-refractivity contribution in [3.63, 3.8) is 0 Å². The summed E-state index contributed by atoms with van der Waals surface area (Å²) in [5.74, 6) is 1.45. The maximum absolute atomic E-state index is 12.1. The van der Waals surface area contributed by atoms with Gasteiger partial charge < -0.3 is 9.15 Å². The van der Waals surface area contributed by atoms with Crippen molar-refractivity contribution in [1.29, 1.82) is 0 Å². The summed E-state index contributed by atoms with van der Waals surface area (Å²) >= 11 is 1.23. The first kappa shape index (κ1) is 17.2. The first-order valence-corrected chi connectivity index (χ1v) is 8.84.